The Bertz CT molecular complexity index is 3460. The van der Waals surface area contributed by atoms with Gasteiger partial charge in [0.1, 0.15) is 24.5 Å². The monoisotopic (exact) mass is 1370 g/mol. The molecule has 10 amide bonds. The Balaban J connectivity index is 1.12. The molecule has 2 aromatic rings. The third kappa shape index (κ3) is 20.4. The average molecular weight is 1370 g/mol. The first-order valence-corrected chi connectivity index (χ1v) is 33.6. The summed E-state index contributed by atoms with van der Waals surface area (Å²) in [4.78, 5) is 207. The predicted molar refractivity (Wildman–Crippen MR) is 349 cm³/mol. The van der Waals surface area contributed by atoms with Crippen LogP contribution in [0.25, 0.3) is 5.57 Å². The van der Waals surface area contributed by atoms with Crippen LogP contribution in [0.15, 0.2) is 59.5 Å². The number of carbonyl (C=O) groups is 15. The molecule has 2 bridgehead atoms. The second kappa shape index (κ2) is 34.4. The van der Waals surface area contributed by atoms with Crippen molar-refractivity contribution in [2.24, 2.45) is 41.2 Å². The molecule has 29 heteroatoms. The lowest BCUT2D eigenvalue weighted by atomic mass is 9.84. The van der Waals surface area contributed by atoms with Crippen molar-refractivity contribution in [3.63, 3.8) is 0 Å². The van der Waals surface area contributed by atoms with Gasteiger partial charge in [0.15, 0.2) is 17.3 Å². The molecule has 0 saturated carbocycles. The van der Waals surface area contributed by atoms with Crippen molar-refractivity contribution in [3.8, 4) is 0 Å². The number of esters is 1. The fourth-order valence-corrected chi connectivity index (χ4v) is 13.6. The number of imide groups is 1. The van der Waals surface area contributed by atoms with Gasteiger partial charge in [0.2, 0.25) is 47.3 Å². The molecule has 1 aliphatic carbocycles. The lowest BCUT2D eigenvalue weighted by Gasteiger charge is -2.32. The summed E-state index contributed by atoms with van der Waals surface area (Å²) in [6.45, 7) is 6.95. The third-order valence-corrected chi connectivity index (χ3v) is 19.7. The maximum Gasteiger partial charge on any atom is 0.310 e. The van der Waals surface area contributed by atoms with Crippen molar-refractivity contribution in [2.45, 2.75) is 161 Å². The number of thioether (sulfide) groups is 1. The van der Waals surface area contributed by atoms with Crippen molar-refractivity contribution >= 4 is 106 Å². The standard InChI is InChI=1S/C68H87N9O19S/c1-7-35(4)62-67(94)71-28-57(86)73-49-33-97-55-24-41-18-40(20-61(90)96-32-39-10-8-38(9-11-39)19-51(81)37(6)72-65(92)47(34(2)3)26-44(79)16-17-76-59(88)14-15-60(76)89)12-13-46(41)48(55)21-42(64(91)70-29-58(87)74-62)22-53(83)63(36(5)54(84)31-78)75-66(93)50-27-45(80)30-77(50)68(95)43(23-52(49)82)25-56(69)85/h8-15,18,34-37,42-43,45,47,49-50,54,62-63,78,80,84H,7,16-17,19-33H2,1-6H3,(H2,69,85)(H,70,91)(H,71,94)(H,72,92)(H,73,86)(H,74,87)(H,75,93)/t35-,36-,37-,42?,43-,45?,47?,49?,50-,54-,62-,63-/m0/s1. The second-order valence-corrected chi connectivity index (χ2v) is 27.1. The molecule has 524 valence electrons. The number of aliphatic hydroxyl groups excluding tert-OH is 3. The molecule has 1 fully saturated rings. The first-order chi connectivity index (χ1) is 45.9. The Hall–Kier alpha value is -8.80. The number of nitrogens with two attached hydrogens (primary N) is 1. The van der Waals surface area contributed by atoms with Crippen LogP contribution in [0.1, 0.15) is 121 Å². The largest absolute Gasteiger partial charge is 0.461 e. The predicted octanol–water partition coefficient (Wildman–Crippen LogP) is -0.737. The van der Waals surface area contributed by atoms with E-state index in [1.807, 2.05) is 0 Å². The number of ketones is 4. The Kier molecular flexibility index (Phi) is 26.8. The van der Waals surface area contributed by atoms with E-state index in [0.29, 0.717) is 44.7 Å². The number of hydrogen-bond acceptors (Lipinski definition) is 20. The minimum absolute atomic E-state index is 0.0587. The van der Waals surface area contributed by atoms with Gasteiger partial charge in [-0.2, -0.15) is 0 Å². The third-order valence-electron chi connectivity index (χ3n) is 18.4. The first kappa shape index (κ1) is 75.6. The summed E-state index contributed by atoms with van der Waals surface area (Å²) in [6, 6.07) is 5.08. The summed E-state index contributed by atoms with van der Waals surface area (Å²) in [6.07, 6.45) is -3.45. The van der Waals surface area contributed by atoms with Crippen LogP contribution in [0, 0.1) is 35.5 Å². The van der Waals surface area contributed by atoms with Gasteiger partial charge in [-0.15, -0.1) is 11.8 Å². The minimum atomic E-state index is -1.65. The molecule has 11 N–H and O–H groups in total. The van der Waals surface area contributed by atoms with Crippen molar-refractivity contribution in [1.29, 1.82) is 0 Å². The molecule has 4 unspecified atom stereocenters. The van der Waals surface area contributed by atoms with Gasteiger partial charge in [0.05, 0.1) is 62.4 Å². The zero-order chi connectivity index (χ0) is 71.1. The first-order valence-electron chi connectivity index (χ1n) is 32.6. The number of nitrogens with one attached hydrogen (secondary N) is 6. The van der Waals surface area contributed by atoms with E-state index in [1.165, 1.54) is 13.8 Å². The molecule has 4 heterocycles. The number of benzene rings is 2. The quantitative estimate of drug-likeness (QED) is 0.0513. The van der Waals surface area contributed by atoms with Crippen LogP contribution in [-0.4, -0.2) is 194 Å². The van der Waals surface area contributed by atoms with Crippen molar-refractivity contribution in [1.82, 2.24) is 41.7 Å². The molecule has 97 heavy (non-hydrogen) atoms. The lowest BCUT2D eigenvalue weighted by Crippen LogP contribution is -2.56. The van der Waals surface area contributed by atoms with Crippen LogP contribution < -0.4 is 37.6 Å². The Morgan fingerprint density at radius 1 is 0.773 bits per heavy atom. The van der Waals surface area contributed by atoms with Crippen LogP contribution in [-0.2, 0) is 103 Å². The fourth-order valence-electron chi connectivity index (χ4n) is 12.3. The summed E-state index contributed by atoms with van der Waals surface area (Å²) >= 11 is 1.09. The van der Waals surface area contributed by atoms with Crippen LogP contribution >= 0.6 is 11.8 Å². The summed E-state index contributed by atoms with van der Waals surface area (Å²) in [7, 11) is 0. The number of primary amides is 1. The minimum Gasteiger partial charge on any atom is -0.461 e. The number of carbonyl (C=O) groups excluding carboxylic acids is 15. The van der Waals surface area contributed by atoms with Crippen LogP contribution in [0.4, 0.5) is 0 Å². The zero-order valence-electron chi connectivity index (χ0n) is 55.2. The number of allylic oxidation sites excluding steroid dienone is 2. The molecule has 5 aliphatic rings. The van der Waals surface area contributed by atoms with Gasteiger partial charge in [-0.1, -0.05) is 83.5 Å². The molecule has 0 radical (unpaired) electrons. The molecular formula is C68H87N9O19S. The number of nitrogens with zero attached hydrogens (tertiary/aromatic N) is 2. The maximum absolute atomic E-state index is 14.9. The van der Waals surface area contributed by atoms with E-state index in [-0.39, 0.29) is 81.3 Å². The number of amides is 10. The summed E-state index contributed by atoms with van der Waals surface area (Å²) < 4.78 is 5.69. The molecule has 28 nitrogen and oxygen atoms in total. The molecule has 0 aromatic heterocycles. The van der Waals surface area contributed by atoms with Crippen molar-refractivity contribution in [3.05, 3.63) is 87.3 Å². The number of rotatable bonds is 22. The van der Waals surface area contributed by atoms with E-state index in [0.717, 1.165) is 33.7 Å². The van der Waals surface area contributed by atoms with Crippen LogP contribution in [0.5, 0.6) is 0 Å². The summed E-state index contributed by atoms with van der Waals surface area (Å²) in [5.74, 6) is -16.5. The topological polar surface area (TPSA) is 431 Å². The van der Waals surface area contributed by atoms with Gasteiger partial charge >= 0.3 is 5.97 Å². The van der Waals surface area contributed by atoms with E-state index in [2.05, 4.69) is 31.9 Å². The Morgan fingerprint density at radius 2 is 1.42 bits per heavy atom. The Labute approximate surface area is 565 Å². The highest BCUT2D eigenvalue weighted by molar-refractivity contribution is 8.03. The molecule has 4 aliphatic heterocycles. The van der Waals surface area contributed by atoms with Gasteiger partial charge in [0, 0.05) is 100 Å². The molecule has 0 spiro atoms. The number of fused-ring (bicyclic) bond motifs is 5. The Morgan fingerprint density at radius 3 is 2.07 bits per heavy atom. The molecular weight excluding hydrogens is 1280 g/mol. The van der Waals surface area contributed by atoms with Crippen molar-refractivity contribution in [2.75, 3.05) is 38.5 Å². The highest BCUT2D eigenvalue weighted by Gasteiger charge is 2.45. The normalized spacial score (nSPS) is 24.0. The highest BCUT2D eigenvalue weighted by Crippen LogP contribution is 2.44. The molecule has 2 aromatic carbocycles. The van der Waals surface area contributed by atoms with Gasteiger partial charge in [0.25, 0.3) is 11.8 Å². The van der Waals surface area contributed by atoms with E-state index < -0.39 is 194 Å². The van der Waals surface area contributed by atoms with Gasteiger partial charge in [-0.25, -0.2) is 0 Å². The van der Waals surface area contributed by atoms with Crippen molar-refractivity contribution < 1.29 is 92.0 Å². The smallest absolute Gasteiger partial charge is 0.310 e. The molecule has 12 atom stereocenters. The summed E-state index contributed by atoms with van der Waals surface area (Å²) in [5.41, 5.74) is 9.01. The van der Waals surface area contributed by atoms with Crippen LogP contribution in [0.3, 0.4) is 0 Å². The molecule has 1 saturated heterocycles. The number of ether oxygens (including phenoxy) is 1. The lowest BCUT2D eigenvalue weighted by molar-refractivity contribution is -0.145. The molecule has 7 rings (SSSR count). The number of Topliss-reactive ketones (excluding diaryl/α,β-unsaturated/α-hetero) is 4. The summed E-state index contributed by atoms with van der Waals surface area (Å²) in [5, 5.41) is 47.7. The van der Waals surface area contributed by atoms with E-state index in [9.17, 15) is 87.2 Å². The maximum atomic E-state index is 14.9. The zero-order valence-corrected chi connectivity index (χ0v) is 56.0. The number of hydrogen-bond donors (Lipinski definition) is 10. The van der Waals surface area contributed by atoms with E-state index in [4.69, 9.17) is 10.5 Å². The van der Waals surface area contributed by atoms with Crippen LogP contribution in [0.2, 0.25) is 0 Å². The van der Waals surface area contributed by atoms with Gasteiger partial charge < -0.3 is 62.6 Å². The van der Waals surface area contributed by atoms with Gasteiger partial charge in [-0.3, -0.25) is 76.8 Å². The van der Waals surface area contributed by atoms with Gasteiger partial charge in [-0.05, 0) is 63.5 Å². The van der Waals surface area contributed by atoms with E-state index >= 15 is 0 Å². The fraction of sp³-hybridized carbons (Fsp3) is 0.544. The highest BCUT2D eigenvalue weighted by atomic mass is 32.2. The van der Waals surface area contributed by atoms with E-state index in [1.54, 1.807) is 70.2 Å². The second-order valence-electron chi connectivity index (χ2n) is 26.0. The SMILES string of the molecule is CC[C@H](C)[C@@H]1NC(=O)CNC(=O)C2CC(=O)[C@H]([C@@H](C)[C@@H](O)CO)NC(=O)[C@@H]3CC(O)CN3C(=O)[C@H](CC(N)=O)CC(=O)C(CSC3=C(C2)c2ccc(CC(=O)OCc4ccc(CC(=O)[C@H](C)NC(=O)C(CC(=O)CCN5C(=O)C=CC5=O)C(C)C)cc4)cc2C3)NC(=O)CNC1=O. The average Bonchev–Trinajstić information content (AvgIpc) is 1.66. The number of aliphatic hydroxyl groups is 3.